The highest BCUT2D eigenvalue weighted by Gasteiger charge is 2.66. The van der Waals surface area contributed by atoms with Gasteiger partial charge >= 0.3 is 0 Å². The van der Waals surface area contributed by atoms with Crippen molar-refractivity contribution in [1.82, 2.24) is 0 Å². The molecule has 0 radical (unpaired) electrons. The molecule has 0 aromatic heterocycles. The highest BCUT2D eigenvalue weighted by atomic mass is 19.1. The van der Waals surface area contributed by atoms with Crippen LogP contribution in [0.25, 0.3) is 0 Å². The number of rotatable bonds is 0. The minimum Gasteiger partial charge on any atom is -0.362 e. The summed E-state index contributed by atoms with van der Waals surface area (Å²) in [6, 6.07) is 0.167. The van der Waals surface area contributed by atoms with Crippen LogP contribution in [0.3, 0.4) is 0 Å². The summed E-state index contributed by atoms with van der Waals surface area (Å²) < 4.78 is 16.4. The van der Waals surface area contributed by atoms with E-state index in [4.69, 9.17) is 5.73 Å². The van der Waals surface area contributed by atoms with E-state index in [1.165, 1.54) is 6.08 Å². The zero-order chi connectivity index (χ0) is 16.7. The number of nitrogens with two attached hydrogens (primary N) is 1. The fraction of sp³-hybridized carbons (Fsp3) is 0.789. The van der Waals surface area contributed by atoms with Crippen LogP contribution in [0.4, 0.5) is 4.39 Å². The molecular weight excluding hydrogens is 293 g/mol. The number of hydrogen-bond acceptors (Lipinski definition) is 3. The van der Waals surface area contributed by atoms with Gasteiger partial charge in [0.25, 0.3) is 0 Å². The van der Waals surface area contributed by atoms with Crippen molar-refractivity contribution in [1.29, 1.82) is 0 Å². The zero-order valence-electron chi connectivity index (χ0n) is 14.0. The highest BCUT2D eigenvalue weighted by Crippen LogP contribution is 2.66. The van der Waals surface area contributed by atoms with Crippen molar-refractivity contribution in [2.75, 3.05) is 0 Å². The first-order chi connectivity index (χ1) is 10.6. The Morgan fingerprint density at radius 2 is 1.83 bits per heavy atom. The third-order valence-electron chi connectivity index (χ3n) is 7.91. The first kappa shape index (κ1) is 15.8. The molecule has 0 amide bonds. The van der Waals surface area contributed by atoms with Crippen LogP contribution in [-0.2, 0) is 0 Å². The van der Waals surface area contributed by atoms with Crippen LogP contribution in [0.2, 0.25) is 0 Å². The summed E-state index contributed by atoms with van der Waals surface area (Å²) in [5, 5.41) is 19.9. The maximum absolute atomic E-state index is 16.4. The number of fused-ring (bicyclic) bond motifs is 5. The molecule has 4 aliphatic carbocycles. The Morgan fingerprint density at radius 1 is 1.09 bits per heavy atom. The van der Waals surface area contributed by atoms with E-state index >= 15 is 4.39 Å². The van der Waals surface area contributed by atoms with E-state index in [0.29, 0.717) is 6.42 Å². The third-order valence-corrected chi connectivity index (χ3v) is 7.91. The van der Waals surface area contributed by atoms with Crippen molar-refractivity contribution in [3.63, 3.8) is 0 Å². The SMILES string of the molecule is C[C@]12CC[C@]3(F)[C@@H](C=CC4CC(O)(O)C=C[C@@]43C)[C@@H]1CC[C@@H]2N. The van der Waals surface area contributed by atoms with E-state index < -0.39 is 16.9 Å². The molecule has 3 nitrogen and oxygen atoms in total. The molecule has 4 aliphatic rings. The van der Waals surface area contributed by atoms with Crippen LogP contribution in [-0.4, -0.2) is 27.7 Å². The molecule has 4 heteroatoms. The summed E-state index contributed by atoms with van der Waals surface area (Å²) in [6.07, 6.45) is 10.6. The summed E-state index contributed by atoms with van der Waals surface area (Å²) in [7, 11) is 0. The van der Waals surface area contributed by atoms with Gasteiger partial charge in [0.1, 0.15) is 5.67 Å². The average Bonchev–Trinajstić information content (AvgIpc) is 2.77. The average molecular weight is 321 g/mol. The smallest absolute Gasteiger partial charge is 0.183 e. The molecule has 0 spiro atoms. The molecule has 4 rings (SSSR count). The van der Waals surface area contributed by atoms with Gasteiger partial charge in [-0.3, -0.25) is 0 Å². The Bertz CT molecular complexity index is 588. The van der Waals surface area contributed by atoms with Crippen LogP contribution in [0.15, 0.2) is 24.3 Å². The zero-order valence-corrected chi connectivity index (χ0v) is 14.0. The van der Waals surface area contributed by atoms with Crippen molar-refractivity contribution in [2.45, 2.75) is 63.4 Å². The lowest BCUT2D eigenvalue weighted by molar-refractivity contribution is -0.172. The monoisotopic (exact) mass is 321 g/mol. The van der Waals surface area contributed by atoms with Gasteiger partial charge in [-0.25, -0.2) is 4.39 Å². The summed E-state index contributed by atoms with van der Waals surface area (Å²) in [4.78, 5) is 0. The van der Waals surface area contributed by atoms with Gasteiger partial charge in [-0.05, 0) is 49.0 Å². The van der Waals surface area contributed by atoms with E-state index in [-0.39, 0.29) is 35.6 Å². The predicted octanol–water partition coefficient (Wildman–Crippen LogP) is 2.68. The maximum Gasteiger partial charge on any atom is 0.183 e. The van der Waals surface area contributed by atoms with E-state index in [9.17, 15) is 10.2 Å². The lowest BCUT2D eigenvalue weighted by Gasteiger charge is -2.60. The standard InChI is InChI=1S/C19H28FNO2/c1-16-7-10-19(20)14(13(16)5-6-15(16)21)4-3-12-11-18(22,23)9-8-17(12,19)2/h3-4,8-9,12-15,22-23H,5-7,10-11,21H2,1-2H3/t12?,13-,14-,15-,16-,17-,19-/m0/s1. The van der Waals surface area contributed by atoms with Crippen LogP contribution in [0.5, 0.6) is 0 Å². The van der Waals surface area contributed by atoms with Gasteiger partial charge in [-0.1, -0.05) is 32.1 Å². The van der Waals surface area contributed by atoms with E-state index in [1.807, 2.05) is 19.1 Å². The normalized spacial score (nSPS) is 56.8. The quantitative estimate of drug-likeness (QED) is 0.475. The molecule has 0 saturated heterocycles. The third kappa shape index (κ3) is 1.86. The number of hydrogen-bond donors (Lipinski definition) is 3. The summed E-state index contributed by atoms with van der Waals surface area (Å²) >= 11 is 0. The number of allylic oxidation sites excluding steroid dienone is 3. The maximum atomic E-state index is 16.4. The Morgan fingerprint density at radius 3 is 2.57 bits per heavy atom. The minimum atomic E-state index is -1.82. The first-order valence-corrected chi connectivity index (χ1v) is 8.90. The molecule has 1 unspecified atom stereocenters. The van der Waals surface area contributed by atoms with Crippen molar-refractivity contribution in [2.24, 2.45) is 34.3 Å². The van der Waals surface area contributed by atoms with E-state index in [1.54, 1.807) is 6.08 Å². The molecule has 0 aromatic rings. The molecule has 0 heterocycles. The van der Waals surface area contributed by atoms with Crippen LogP contribution in [0, 0.1) is 28.6 Å². The Balaban J connectivity index is 1.78. The lowest BCUT2D eigenvalue weighted by Crippen LogP contribution is -2.62. The fourth-order valence-corrected chi connectivity index (χ4v) is 6.11. The second-order valence-electron chi connectivity index (χ2n) is 8.87. The Hall–Kier alpha value is -0.710. The van der Waals surface area contributed by atoms with Crippen LogP contribution >= 0.6 is 0 Å². The van der Waals surface area contributed by atoms with Crippen molar-refractivity contribution < 1.29 is 14.6 Å². The van der Waals surface area contributed by atoms with Gasteiger partial charge in [0, 0.05) is 23.8 Å². The summed E-state index contributed by atoms with van der Waals surface area (Å²) in [5.74, 6) is -1.83. The fourth-order valence-electron chi connectivity index (χ4n) is 6.11. The summed E-state index contributed by atoms with van der Waals surface area (Å²) in [5.41, 5.74) is 4.40. The van der Waals surface area contributed by atoms with Crippen molar-refractivity contribution in [3.05, 3.63) is 24.3 Å². The number of aliphatic hydroxyl groups is 2. The Labute approximate surface area is 137 Å². The van der Waals surface area contributed by atoms with Gasteiger partial charge in [0.2, 0.25) is 0 Å². The topological polar surface area (TPSA) is 66.5 Å². The van der Waals surface area contributed by atoms with Crippen LogP contribution in [0.1, 0.15) is 46.0 Å². The second kappa shape index (κ2) is 4.47. The van der Waals surface area contributed by atoms with Crippen molar-refractivity contribution >= 4 is 0 Å². The molecule has 2 fully saturated rings. The highest BCUT2D eigenvalue weighted by molar-refractivity contribution is 5.31. The first-order valence-electron chi connectivity index (χ1n) is 8.90. The summed E-state index contributed by atoms with van der Waals surface area (Å²) in [6.45, 7) is 4.19. The molecular formula is C19H28FNO2. The van der Waals surface area contributed by atoms with E-state index in [0.717, 1.165) is 19.3 Å². The Kier molecular flexibility index (Phi) is 3.07. The molecule has 2 saturated carbocycles. The molecule has 128 valence electrons. The van der Waals surface area contributed by atoms with Crippen LogP contribution < -0.4 is 5.73 Å². The van der Waals surface area contributed by atoms with Gasteiger partial charge < -0.3 is 15.9 Å². The number of alkyl halides is 1. The van der Waals surface area contributed by atoms with Gasteiger partial charge in [0.05, 0.1) is 0 Å². The minimum absolute atomic E-state index is 0.0316. The van der Waals surface area contributed by atoms with E-state index in [2.05, 4.69) is 6.92 Å². The second-order valence-corrected chi connectivity index (χ2v) is 8.87. The lowest BCUT2D eigenvalue weighted by atomic mass is 9.46. The molecule has 0 aliphatic heterocycles. The van der Waals surface area contributed by atoms with Gasteiger partial charge in [0.15, 0.2) is 5.79 Å². The molecule has 4 N–H and O–H groups in total. The molecule has 0 aromatic carbocycles. The largest absolute Gasteiger partial charge is 0.362 e. The van der Waals surface area contributed by atoms with Crippen molar-refractivity contribution in [3.8, 4) is 0 Å². The predicted molar refractivity (Wildman–Crippen MR) is 87.0 cm³/mol. The molecule has 0 bridgehead atoms. The van der Waals surface area contributed by atoms with Gasteiger partial charge in [-0.2, -0.15) is 0 Å². The number of halogens is 1. The molecule has 23 heavy (non-hydrogen) atoms. The molecule has 7 atom stereocenters. The van der Waals surface area contributed by atoms with Gasteiger partial charge in [-0.15, -0.1) is 0 Å².